The Kier molecular flexibility index (Phi) is 8.77. The number of rotatable bonds is 11. The van der Waals surface area contributed by atoms with Crippen LogP contribution in [0, 0.1) is 17.3 Å². The summed E-state index contributed by atoms with van der Waals surface area (Å²) in [7, 11) is 0. The van der Waals surface area contributed by atoms with Gasteiger partial charge in [0.2, 0.25) is 11.8 Å². The van der Waals surface area contributed by atoms with Crippen molar-refractivity contribution in [3.05, 3.63) is 0 Å². The lowest BCUT2D eigenvalue weighted by Gasteiger charge is -2.35. The maximum absolute atomic E-state index is 13.5. The zero-order valence-electron chi connectivity index (χ0n) is 21.4. The van der Waals surface area contributed by atoms with Gasteiger partial charge in [-0.2, -0.15) is 0 Å². The van der Waals surface area contributed by atoms with Gasteiger partial charge in [0, 0.05) is 6.54 Å². The van der Waals surface area contributed by atoms with Crippen LogP contribution in [0.25, 0.3) is 0 Å². The summed E-state index contributed by atoms with van der Waals surface area (Å²) in [6.45, 7) is 7.43. The fraction of sp³-hybridized carbons (Fsp3) is 0.800. The largest absolute Gasteiger partial charge is 0.464 e. The molecule has 3 atom stereocenters. The molecule has 0 spiro atoms. The molecule has 1 aliphatic heterocycles. The van der Waals surface area contributed by atoms with Crippen LogP contribution in [0.3, 0.4) is 0 Å². The number of urea groups is 1. The fourth-order valence-electron chi connectivity index (χ4n) is 4.28. The molecule has 0 aromatic heterocycles. The molecule has 0 bridgehead atoms. The van der Waals surface area contributed by atoms with Crippen LogP contribution >= 0.6 is 0 Å². The highest BCUT2D eigenvalue weighted by Gasteiger charge is 2.42. The summed E-state index contributed by atoms with van der Waals surface area (Å²) in [6.07, 6.45) is 6.07. The van der Waals surface area contributed by atoms with Gasteiger partial charge in [-0.15, -0.1) is 0 Å². The number of carbonyl (C=O) groups excluding carboxylic acids is 5. The predicted molar refractivity (Wildman–Crippen MR) is 128 cm³/mol. The van der Waals surface area contributed by atoms with E-state index in [0.717, 1.165) is 25.7 Å². The van der Waals surface area contributed by atoms with Gasteiger partial charge in [0.1, 0.15) is 18.6 Å². The number of nitrogens with zero attached hydrogens (tertiary/aromatic N) is 1. The summed E-state index contributed by atoms with van der Waals surface area (Å²) < 4.78 is 5.11. The molecular weight excluding hydrogens is 452 g/mol. The molecule has 3 fully saturated rings. The van der Waals surface area contributed by atoms with Gasteiger partial charge in [-0.3, -0.25) is 19.2 Å². The van der Waals surface area contributed by atoms with Crippen LogP contribution in [-0.2, 0) is 23.9 Å². The van der Waals surface area contributed by atoms with Crippen LogP contribution in [0.5, 0.6) is 0 Å². The van der Waals surface area contributed by atoms with Crippen LogP contribution in [0.1, 0.15) is 72.6 Å². The molecule has 0 radical (unpaired) electrons. The SMILES string of the molecule is CC(=O)C(CC1CC1)NC(=O)C1CCCN1C(=O)C(NC(=O)NCC(=O)OCC1CC1)C(C)(C)C. The summed E-state index contributed by atoms with van der Waals surface area (Å²) in [4.78, 5) is 64.4. The van der Waals surface area contributed by atoms with Gasteiger partial charge in [-0.05, 0) is 56.3 Å². The molecule has 0 aromatic carbocycles. The predicted octanol–water partition coefficient (Wildman–Crippen LogP) is 1.52. The molecule has 10 heteroatoms. The van der Waals surface area contributed by atoms with E-state index in [1.54, 1.807) is 0 Å². The molecule has 4 amide bonds. The van der Waals surface area contributed by atoms with Crippen LogP contribution < -0.4 is 16.0 Å². The zero-order chi connectivity index (χ0) is 25.8. The standard InChI is InChI=1S/C25H40N4O6/c1-15(30)18(12-16-7-8-16)27-22(32)19-6-5-11-29(19)23(33)21(25(2,3)4)28-24(34)26-13-20(31)35-14-17-9-10-17/h16-19,21H,5-14H2,1-4H3,(H,27,32)(H2,26,28,34). The number of ketones is 1. The summed E-state index contributed by atoms with van der Waals surface area (Å²) in [5.74, 6) is -0.378. The third kappa shape index (κ3) is 8.21. The number of ether oxygens (including phenoxy) is 1. The molecule has 2 saturated carbocycles. The molecule has 3 N–H and O–H groups in total. The summed E-state index contributed by atoms with van der Waals surface area (Å²) >= 11 is 0. The van der Waals surface area contributed by atoms with E-state index in [1.807, 2.05) is 20.8 Å². The van der Waals surface area contributed by atoms with Crippen molar-refractivity contribution < 1.29 is 28.7 Å². The Morgan fingerprint density at radius 2 is 1.63 bits per heavy atom. The summed E-state index contributed by atoms with van der Waals surface area (Å²) in [5.41, 5.74) is -0.640. The van der Waals surface area contributed by atoms with Gasteiger partial charge >= 0.3 is 12.0 Å². The van der Waals surface area contributed by atoms with Gasteiger partial charge in [-0.1, -0.05) is 33.6 Å². The van der Waals surface area contributed by atoms with Gasteiger partial charge in [-0.25, -0.2) is 4.79 Å². The number of hydrogen-bond donors (Lipinski definition) is 3. The normalized spacial score (nSPS) is 21.6. The van der Waals surface area contributed by atoms with Crippen molar-refractivity contribution in [3.63, 3.8) is 0 Å². The van der Waals surface area contributed by atoms with E-state index in [1.165, 1.54) is 11.8 Å². The second kappa shape index (κ2) is 11.4. The van der Waals surface area contributed by atoms with E-state index in [2.05, 4.69) is 16.0 Å². The van der Waals surface area contributed by atoms with Crippen LogP contribution in [0.4, 0.5) is 4.79 Å². The third-order valence-corrected chi connectivity index (χ3v) is 6.87. The Bertz CT molecular complexity index is 830. The molecule has 35 heavy (non-hydrogen) atoms. The minimum atomic E-state index is -0.909. The topological polar surface area (TPSA) is 134 Å². The number of hydrogen-bond acceptors (Lipinski definition) is 6. The first-order valence-electron chi connectivity index (χ1n) is 12.8. The lowest BCUT2D eigenvalue weighted by molar-refractivity contribution is -0.142. The number of esters is 1. The van der Waals surface area contributed by atoms with Crippen molar-refractivity contribution in [2.75, 3.05) is 19.7 Å². The lowest BCUT2D eigenvalue weighted by Crippen LogP contribution is -2.59. The Hall–Kier alpha value is -2.65. The van der Waals surface area contributed by atoms with Crippen molar-refractivity contribution >= 4 is 29.6 Å². The first-order valence-corrected chi connectivity index (χ1v) is 12.8. The number of Topliss-reactive ketones (excluding diaryl/α,β-unsaturated/α-hetero) is 1. The number of nitrogens with one attached hydrogen (secondary N) is 3. The average Bonchev–Trinajstić information content (AvgIpc) is 3.71. The maximum atomic E-state index is 13.5. The van der Waals surface area contributed by atoms with Crippen molar-refractivity contribution in [1.29, 1.82) is 0 Å². The lowest BCUT2D eigenvalue weighted by atomic mass is 9.85. The van der Waals surface area contributed by atoms with Crippen molar-refractivity contribution in [1.82, 2.24) is 20.9 Å². The van der Waals surface area contributed by atoms with E-state index in [9.17, 15) is 24.0 Å². The average molecular weight is 493 g/mol. The molecule has 1 saturated heterocycles. The van der Waals surface area contributed by atoms with Crippen LogP contribution in [0.15, 0.2) is 0 Å². The molecule has 196 valence electrons. The maximum Gasteiger partial charge on any atom is 0.325 e. The van der Waals surface area contributed by atoms with E-state index in [0.29, 0.717) is 44.2 Å². The molecule has 2 aliphatic carbocycles. The number of carbonyl (C=O) groups is 5. The molecule has 0 aromatic rings. The monoisotopic (exact) mass is 492 g/mol. The Balaban J connectivity index is 1.57. The fourth-order valence-corrected chi connectivity index (χ4v) is 4.28. The molecule has 1 heterocycles. The van der Waals surface area contributed by atoms with Crippen molar-refractivity contribution in [3.8, 4) is 0 Å². The Labute approximate surface area is 207 Å². The van der Waals surface area contributed by atoms with Crippen molar-refractivity contribution in [2.24, 2.45) is 17.3 Å². The zero-order valence-corrected chi connectivity index (χ0v) is 21.4. The Morgan fingerprint density at radius 3 is 2.20 bits per heavy atom. The van der Waals surface area contributed by atoms with Gasteiger partial charge in [0.15, 0.2) is 5.78 Å². The van der Waals surface area contributed by atoms with E-state index in [-0.39, 0.29) is 24.1 Å². The van der Waals surface area contributed by atoms with Crippen molar-refractivity contribution in [2.45, 2.75) is 90.8 Å². The van der Waals surface area contributed by atoms with Gasteiger partial charge < -0.3 is 25.6 Å². The second-order valence-corrected chi connectivity index (χ2v) is 11.3. The van der Waals surface area contributed by atoms with E-state index >= 15 is 0 Å². The van der Waals surface area contributed by atoms with Gasteiger partial charge in [0.25, 0.3) is 0 Å². The highest BCUT2D eigenvalue weighted by atomic mass is 16.5. The summed E-state index contributed by atoms with van der Waals surface area (Å²) in [5, 5.41) is 8.00. The highest BCUT2D eigenvalue weighted by molar-refractivity contribution is 5.95. The first kappa shape index (κ1) is 26.9. The van der Waals surface area contributed by atoms with Crippen LogP contribution in [0.2, 0.25) is 0 Å². The number of likely N-dealkylation sites (tertiary alicyclic amines) is 1. The first-order chi connectivity index (χ1) is 16.5. The highest BCUT2D eigenvalue weighted by Crippen LogP contribution is 2.34. The minimum Gasteiger partial charge on any atom is -0.464 e. The van der Waals surface area contributed by atoms with Crippen LogP contribution in [-0.4, -0.2) is 72.3 Å². The van der Waals surface area contributed by atoms with Gasteiger partial charge in [0.05, 0.1) is 12.6 Å². The molecule has 3 aliphatic rings. The molecular formula is C25H40N4O6. The molecule has 3 unspecified atom stereocenters. The Morgan fingerprint density at radius 1 is 0.971 bits per heavy atom. The van der Waals surface area contributed by atoms with E-state index < -0.39 is 35.5 Å². The summed E-state index contributed by atoms with van der Waals surface area (Å²) in [6, 6.07) is -2.78. The minimum absolute atomic E-state index is 0.0808. The number of amides is 4. The smallest absolute Gasteiger partial charge is 0.325 e. The molecule has 3 rings (SSSR count). The third-order valence-electron chi connectivity index (χ3n) is 6.87. The quantitative estimate of drug-likeness (QED) is 0.375. The second-order valence-electron chi connectivity index (χ2n) is 11.3. The molecule has 10 nitrogen and oxygen atoms in total. The van der Waals surface area contributed by atoms with E-state index in [4.69, 9.17) is 4.74 Å².